The molecule has 140 valence electrons. The number of carbonyl (C=O) groups excluding carboxylic acids is 1. The first-order valence-electron chi connectivity index (χ1n) is 9.68. The summed E-state index contributed by atoms with van der Waals surface area (Å²) >= 11 is 1.74. The number of fused-ring (bicyclic) bond motifs is 2. The normalized spacial score (nSPS) is 25.8. The minimum atomic E-state index is -0.312. The van der Waals surface area contributed by atoms with Gasteiger partial charge in [-0.05, 0) is 51.4 Å². The van der Waals surface area contributed by atoms with Crippen LogP contribution in [0.25, 0.3) is 11.6 Å². The summed E-state index contributed by atoms with van der Waals surface area (Å²) in [6.45, 7) is 0.774. The highest BCUT2D eigenvalue weighted by atomic mass is 32.1. The second kappa shape index (κ2) is 7.13. The van der Waals surface area contributed by atoms with Crippen molar-refractivity contribution >= 4 is 29.3 Å². The quantitative estimate of drug-likeness (QED) is 0.790. The van der Waals surface area contributed by atoms with Crippen LogP contribution in [0.15, 0.2) is 77.0 Å². The van der Waals surface area contributed by atoms with E-state index in [9.17, 15) is 4.79 Å². The second-order valence-corrected chi connectivity index (χ2v) is 8.23. The van der Waals surface area contributed by atoms with E-state index in [1.807, 2.05) is 6.07 Å². The van der Waals surface area contributed by atoms with Gasteiger partial charge in [0.15, 0.2) is 0 Å². The summed E-state index contributed by atoms with van der Waals surface area (Å²) in [7, 11) is 0. The largest absolute Gasteiger partial charge is 0.301 e. The van der Waals surface area contributed by atoms with Crippen LogP contribution >= 0.6 is 11.3 Å². The molecule has 2 unspecified atom stereocenters. The molecule has 28 heavy (non-hydrogen) atoms. The first kappa shape index (κ1) is 17.6. The number of allylic oxidation sites excluding steroid dienone is 2. The fraction of sp³-hybridized carbons (Fsp3) is 0.208. The van der Waals surface area contributed by atoms with Gasteiger partial charge in [-0.3, -0.25) is 0 Å². The van der Waals surface area contributed by atoms with Gasteiger partial charge in [-0.2, -0.15) is 11.3 Å². The van der Waals surface area contributed by atoms with Crippen molar-refractivity contribution in [3.63, 3.8) is 0 Å². The van der Waals surface area contributed by atoms with Gasteiger partial charge in [-0.25, -0.2) is 10.4 Å². The SMILES string of the molecule is O=CC1C=C2C=Cc3cscc3C3=CC=CCC23NN1CCc1ccccc1. The Morgan fingerprint density at radius 1 is 1.21 bits per heavy atom. The van der Waals surface area contributed by atoms with Crippen molar-refractivity contribution in [2.45, 2.75) is 24.4 Å². The van der Waals surface area contributed by atoms with Crippen LogP contribution in [-0.2, 0) is 11.2 Å². The molecule has 0 amide bonds. The molecule has 0 radical (unpaired) electrons. The number of nitrogens with one attached hydrogen (secondary N) is 1. The van der Waals surface area contributed by atoms with E-state index < -0.39 is 0 Å². The van der Waals surface area contributed by atoms with Crippen molar-refractivity contribution in [3.8, 4) is 0 Å². The smallest absolute Gasteiger partial charge is 0.142 e. The average molecular weight is 387 g/mol. The van der Waals surface area contributed by atoms with Gasteiger partial charge < -0.3 is 4.79 Å². The number of benzene rings is 1. The number of nitrogens with zero attached hydrogens (tertiary/aromatic N) is 1. The number of hydrazine groups is 1. The van der Waals surface area contributed by atoms with Crippen molar-refractivity contribution < 1.29 is 4.79 Å². The zero-order chi connectivity index (χ0) is 19.0. The summed E-state index contributed by atoms with van der Waals surface area (Å²) in [5.41, 5.74) is 9.75. The van der Waals surface area contributed by atoms with Crippen molar-refractivity contribution in [1.29, 1.82) is 0 Å². The number of rotatable bonds is 4. The minimum Gasteiger partial charge on any atom is -0.301 e. The maximum atomic E-state index is 11.9. The molecule has 1 aromatic carbocycles. The van der Waals surface area contributed by atoms with Gasteiger partial charge in [-0.1, -0.05) is 66.8 Å². The molecule has 2 atom stereocenters. The fourth-order valence-electron chi connectivity index (χ4n) is 4.40. The van der Waals surface area contributed by atoms with Crippen LogP contribution in [0.5, 0.6) is 0 Å². The molecule has 1 aliphatic heterocycles. The third kappa shape index (κ3) is 2.85. The van der Waals surface area contributed by atoms with E-state index in [1.54, 1.807) is 11.3 Å². The van der Waals surface area contributed by atoms with Crippen LogP contribution in [0.1, 0.15) is 23.1 Å². The molecule has 1 aromatic heterocycles. The predicted octanol–water partition coefficient (Wildman–Crippen LogP) is 4.41. The van der Waals surface area contributed by atoms with Crippen molar-refractivity contribution in [1.82, 2.24) is 10.4 Å². The molecule has 1 N–H and O–H groups in total. The summed E-state index contributed by atoms with van der Waals surface area (Å²) in [6, 6.07) is 10.2. The average Bonchev–Trinajstić information content (AvgIpc) is 3.16. The first-order chi connectivity index (χ1) is 13.8. The first-order valence-corrected chi connectivity index (χ1v) is 10.6. The zero-order valence-electron chi connectivity index (χ0n) is 15.5. The van der Waals surface area contributed by atoms with Gasteiger partial charge >= 0.3 is 0 Å². The summed E-state index contributed by atoms with van der Waals surface area (Å²) in [6.07, 6.45) is 15.9. The van der Waals surface area contributed by atoms with Crippen LogP contribution in [-0.4, -0.2) is 29.4 Å². The Kier molecular flexibility index (Phi) is 4.47. The van der Waals surface area contributed by atoms with Crippen molar-refractivity contribution in [2.75, 3.05) is 6.54 Å². The summed E-state index contributed by atoms with van der Waals surface area (Å²) in [5.74, 6) is 0. The van der Waals surface area contributed by atoms with E-state index in [-0.39, 0.29) is 11.6 Å². The van der Waals surface area contributed by atoms with Crippen LogP contribution in [0, 0.1) is 0 Å². The monoisotopic (exact) mass is 386 g/mol. The van der Waals surface area contributed by atoms with Gasteiger partial charge in [0.1, 0.15) is 6.29 Å². The summed E-state index contributed by atoms with van der Waals surface area (Å²) in [5, 5.41) is 6.54. The molecule has 0 saturated heterocycles. The topological polar surface area (TPSA) is 32.3 Å². The van der Waals surface area contributed by atoms with Crippen LogP contribution < -0.4 is 5.43 Å². The molecular formula is C24H22N2OS. The molecule has 4 heteroatoms. The van der Waals surface area contributed by atoms with Gasteiger partial charge in [0.25, 0.3) is 0 Å². The number of thiophene rings is 1. The highest BCUT2D eigenvalue weighted by Crippen LogP contribution is 2.46. The Morgan fingerprint density at radius 3 is 2.96 bits per heavy atom. The Morgan fingerprint density at radius 2 is 2.11 bits per heavy atom. The Balaban J connectivity index is 1.53. The lowest BCUT2D eigenvalue weighted by Crippen LogP contribution is -2.62. The number of aldehydes is 1. The zero-order valence-corrected chi connectivity index (χ0v) is 16.4. The molecule has 3 nitrogen and oxygen atoms in total. The maximum Gasteiger partial charge on any atom is 0.142 e. The molecular weight excluding hydrogens is 364 g/mol. The lowest BCUT2D eigenvalue weighted by atomic mass is 9.74. The molecule has 3 aliphatic rings. The van der Waals surface area contributed by atoms with E-state index in [4.69, 9.17) is 0 Å². The van der Waals surface area contributed by atoms with Gasteiger partial charge in [0.2, 0.25) is 0 Å². The molecule has 2 aromatic rings. The molecule has 0 fully saturated rings. The Labute approximate surface area is 169 Å². The number of hydrogen-bond acceptors (Lipinski definition) is 4. The standard InChI is InChI=1S/C24H22N2OS/c27-15-21-14-20-10-9-19-16-28-17-22(19)23-8-4-5-12-24(20,23)25-26(21)13-11-18-6-2-1-3-7-18/h1-10,14-17,21,25H,11-13H2. The minimum absolute atomic E-state index is 0.267. The maximum absolute atomic E-state index is 11.9. The van der Waals surface area contributed by atoms with Gasteiger partial charge in [0, 0.05) is 6.54 Å². The van der Waals surface area contributed by atoms with Gasteiger partial charge in [-0.15, -0.1) is 0 Å². The molecule has 0 saturated carbocycles. The van der Waals surface area contributed by atoms with Crippen LogP contribution in [0.3, 0.4) is 0 Å². The van der Waals surface area contributed by atoms with Gasteiger partial charge in [0.05, 0.1) is 11.6 Å². The van der Waals surface area contributed by atoms with E-state index in [0.717, 1.165) is 25.7 Å². The number of hydrogen-bond donors (Lipinski definition) is 1. The van der Waals surface area contributed by atoms with E-state index in [1.165, 1.54) is 27.8 Å². The summed E-state index contributed by atoms with van der Waals surface area (Å²) in [4.78, 5) is 11.9. The summed E-state index contributed by atoms with van der Waals surface area (Å²) < 4.78 is 0. The third-order valence-electron chi connectivity index (χ3n) is 5.87. The second-order valence-electron chi connectivity index (χ2n) is 7.48. The Bertz CT molecular complexity index is 1010. The van der Waals surface area contributed by atoms with E-state index in [2.05, 4.69) is 81.9 Å². The lowest BCUT2D eigenvalue weighted by molar-refractivity contribution is -0.112. The molecule has 5 rings (SSSR count). The molecule has 2 aliphatic carbocycles. The number of carbonyl (C=O) groups is 1. The highest BCUT2D eigenvalue weighted by molar-refractivity contribution is 7.08. The van der Waals surface area contributed by atoms with Crippen LogP contribution in [0.2, 0.25) is 0 Å². The van der Waals surface area contributed by atoms with E-state index >= 15 is 0 Å². The third-order valence-corrected chi connectivity index (χ3v) is 6.63. The Hall–Kier alpha value is -2.53. The molecule has 0 bridgehead atoms. The van der Waals surface area contributed by atoms with Crippen LogP contribution in [0.4, 0.5) is 0 Å². The lowest BCUT2D eigenvalue weighted by Gasteiger charge is -2.47. The van der Waals surface area contributed by atoms with Crippen molar-refractivity contribution in [3.05, 3.63) is 93.7 Å². The fourth-order valence-corrected chi connectivity index (χ4v) is 5.22. The van der Waals surface area contributed by atoms with Crippen molar-refractivity contribution in [2.24, 2.45) is 0 Å². The predicted molar refractivity (Wildman–Crippen MR) is 116 cm³/mol. The molecule has 2 heterocycles. The molecule has 1 spiro atoms. The van der Waals surface area contributed by atoms with E-state index in [0.29, 0.717) is 0 Å². The highest BCUT2D eigenvalue weighted by Gasteiger charge is 2.45.